The summed E-state index contributed by atoms with van der Waals surface area (Å²) in [6.07, 6.45) is 0. The van der Waals surface area contributed by atoms with Crippen LogP contribution in [0.3, 0.4) is 0 Å². The van der Waals surface area contributed by atoms with Gasteiger partial charge in [0.15, 0.2) is 5.75 Å². The summed E-state index contributed by atoms with van der Waals surface area (Å²) in [5.41, 5.74) is -1.94. The average molecular weight is 852 g/mol. The van der Waals surface area contributed by atoms with Crippen molar-refractivity contribution in [3.8, 4) is 11.5 Å². The molecule has 4 N–H and O–H groups in total. The first-order valence-corrected chi connectivity index (χ1v) is 18.3. The van der Waals surface area contributed by atoms with Gasteiger partial charge in [-0.1, -0.05) is 77.5 Å². The molecule has 6 rings (SSSR count). The number of halogens is 2. The molecule has 0 fully saturated rings. The molecule has 0 amide bonds. The number of carbonyl (C=O) groups is 2. The Hall–Kier alpha value is -4.76. The first kappa shape index (κ1) is 43.0. The summed E-state index contributed by atoms with van der Waals surface area (Å²) in [6.45, 7) is 0. The molecule has 0 aliphatic carbocycles. The molecule has 276 valence electrons. The second-order valence-electron chi connectivity index (χ2n) is 10.8. The molecule has 0 spiro atoms. The van der Waals surface area contributed by atoms with Gasteiger partial charge in [0.1, 0.15) is 32.4 Å². The van der Waals surface area contributed by atoms with Crippen LogP contribution in [0.25, 0.3) is 21.5 Å². The molecule has 0 aliphatic heterocycles. The van der Waals surface area contributed by atoms with Crippen molar-refractivity contribution in [3.05, 3.63) is 118 Å². The zero-order chi connectivity index (χ0) is 39.5. The third kappa shape index (κ3) is 9.92. The number of aromatic hydroxyl groups is 1. The molecule has 0 aliphatic rings. The van der Waals surface area contributed by atoms with Crippen LogP contribution in [-0.4, -0.2) is 85.8 Å². The smallest absolute Gasteiger partial charge is 0.871 e. The number of aromatic carboxylic acids is 2. The van der Waals surface area contributed by atoms with E-state index in [1.165, 1.54) is 36.4 Å². The van der Waals surface area contributed by atoms with Gasteiger partial charge < -0.3 is 25.2 Å². The van der Waals surface area contributed by atoms with Gasteiger partial charge in [-0.3, -0.25) is 9.11 Å². The van der Waals surface area contributed by atoms with E-state index in [4.69, 9.17) is 23.2 Å². The van der Waals surface area contributed by atoms with Gasteiger partial charge in [-0.25, -0.2) is 4.79 Å². The first-order chi connectivity index (χ1) is 25.4. The summed E-state index contributed by atoms with van der Waals surface area (Å²) in [6, 6.07) is 22.4. The molecule has 0 unspecified atom stereocenters. The van der Waals surface area contributed by atoms with Crippen LogP contribution in [0.15, 0.2) is 127 Å². The SMILES string of the molecule is O=C(O)c1cc2ccccc2c(N=Nc2ccc(Cl)cc2S(=O)(=O)O)c1O.O=C([O-])c1cc2ccccc2c(N=Nc2ccc(Cl)cc2S(=O)(=O)O)c1[O-].[Ca+2]. The predicted octanol–water partition coefficient (Wildman–Crippen LogP) is 6.77. The second kappa shape index (κ2) is 17.4. The quantitative estimate of drug-likeness (QED) is 0.0701. The molecule has 0 radical (unpaired) electrons. The zero-order valence-electron chi connectivity index (χ0n) is 27.4. The van der Waals surface area contributed by atoms with Gasteiger partial charge >= 0.3 is 43.7 Å². The average Bonchev–Trinajstić information content (AvgIpc) is 3.10. The molecule has 0 atom stereocenters. The maximum Gasteiger partial charge on any atom is 2.00 e. The van der Waals surface area contributed by atoms with Crippen LogP contribution >= 0.6 is 23.2 Å². The molecule has 0 saturated carbocycles. The Morgan fingerprint density at radius 2 is 1.04 bits per heavy atom. The number of fused-ring (bicyclic) bond motifs is 2. The van der Waals surface area contributed by atoms with Gasteiger partial charge in [-0.05, 0) is 64.9 Å². The monoisotopic (exact) mass is 850 g/mol. The molecule has 55 heavy (non-hydrogen) atoms. The Kier molecular flexibility index (Phi) is 13.6. The van der Waals surface area contributed by atoms with Gasteiger partial charge in [0.25, 0.3) is 20.2 Å². The van der Waals surface area contributed by atoms with Crippen LogP contribution in [0.4, 0.5) is 22.7 Å². The summed E-state index contributed by atoms with van der Waals surface area (Å²) in [5, 5.41) is 60.0. The molecular formula is C34H20CaCl2N4O12S2. The largest absolute Gasteiger partial charge is 2.00 e. The van der Waals surface area contributed by atoms with Crippen molar-refractivity contribution < 1.29 is 56.0 Å². The van der Waals surface area contributed by atoms with E-state index in [0.717, 1.165) is 18.2 Å². The number of hydrogen-bond donors (Lipinski definition) is 4. The third-order valence-electron chi connectivity index (χ3n) is 7.34. The Morgan fingerprint density at radius 3 is 1.47 bits per heavy atom. The molecule has 6 aromatic rings. The van der Waals surface area contributed by atoms with Crippen molar-refractivity contribution in [1.29, 1.82) is 0 Å². The summed E-state index contributed by atoms with van der Waals surface area (Å²) < 4.78 is 64.6. The zero-order valence-corrected chi connectivity index (χ0v) is 32.7. The van der Waals surface area contributed by atoms with E-state index in [-0.39, 0.29) is 76.1 Å². The van der Waals surface area contributed by atoms with E-state index in [0.29, 0.717) is 21.5 Å². The summed E-state index contributed by atoms with van der Waals surface area (Å²) >= 11 is 11.5. The number of carboxylic acids is 2. The number of rotatable bonds is 8. The van der Waals surface area contributed by atoms with Gasteiger partial charge in [-0.15, -0.1) is 15.3 Å². The normalized spacial score (nSPS) is 11.7. The Balaban J connectivity index is 0.000000240. The van der Waals surface area contributed by atoms with Gasteiger partial charge in [0.05, 0.1) is 11.7 Å². The first-order valence-electron chi connectivity index (χ1n) is 14.7. The fraction of sp³-hybridized carbons (Fsp3) is 0. The van der Waals surface area contributed by atoms with E-state index in [1.54, 1.807) is 42.5 Å². The van der Waals surface area contributed by atoms with E-state index in [1.807, 2.05) is 0 Å². The number of carboxylic acid groups (broad SMARTS) is 2. The topological polar surface area (TPSA) is 279 Å². The minimum Gasteiger partial charge on any atom is -0.871 e. The predicted molar refractivity (Wildman–Crippen MR) is 197 cm³/mol. The molecule has 21 heteroatoms. The van der Waals surface area contributed by atoms with Gasteiger partial charge in [-0.2, -0.15) is 21.9 Å². The number of nitrogens with zero attached hydrogens (tertiary/aromatic N) is 4. The van der Waals surface area contributed by atoms with Gasteiger partial charge in [0, 0.05) is 20.8 Å². The summed E-state index contributed by atoms with van der Waals surface area (Å²) in [4.78, 5) is 21.4. The summed E-state index contributed by atoms with van der Waals surface area (Å²) in [5.74, 6) is -4.58. The molecule has 16 nitrogen and oxygen atoms in total. The van der Waals surface area contributed by atoms with E-state index < -0.39 is 59.0 Å². The number of carbonyl (C=O) groups excluding carboxylic acids is 1. The fourth-order valence-electron chi connectivity index (χ4n) is 4.90. The minimum atomic E-state index is -4.66. The van der Waals surface area contributed by atoms with Crippen molar-refractivity contribution in [3.63, 3.8) is 0 Å². The number of hydrogen-bond acceptors (Lipinski definition) is 13. The Bertz CT molecular complexity index is 2610. The molecule has 0 heterocycles. The third-order valence-corrected chi connectivity index (χ3v) is 9.57. The van der Waals surface area contributed by atoms with Crippen molar-refractivity contribution >= 4 is 137 Å². The van der Waals surface area contributed by atoms with E-state index in [9.17, 15) is 56.0 Å². The van der Waals surface area contributed by atoms with Crippen LogP contribution < -0.4 is 10.2 Å². The number of azo groups is 2. The van der Waals surface area contributed by atoms with Crippen LogP contribution in [-0.2, 0) is 20.2 Å². The molecule has 6 aromatic carbocycles. The molecular weight excluding hydrogens is 832 g/mol. The molecule has 0 aromatic heterocycles. The van der Waals surface area contributed by atoms with E-state index >= 15 is 0 Å². The van der Waals surface area contributed by atoms with Crippen molar-refractivity contribution in [2.24, 2.45) is 20.5 Å². The van der Waals surface area contributed by atoms with Crippen LogP contribution in [0.2, 0.25) is 10.0 Å². The van der Waals surface area contributed by atoms with Crippen LogP contribution in [0.1, 0.15) is 20.7 Å². The number of phenols is 1. The Morgan fingerprint density at radius 1 is 0.618 bits per heavy atom. The minimum absolute atomic E-state index is 0. The maximum absolute atomic E-state index is 12.4. The summed E-state index contributed by atoms with van der Waals surface area (Å²) in [7, 11) is -9.28. The maximum atomic E-state index is 12.4. The fourth-order valence-corrected chi connectivity index (χ4v) is 6.68. The molecule has 0 bridgehead atoms. The van der Waals surface area contributed by atoms with Crippen LogP contribution in [0.5, 0.6) is 11.5 Å². The number of benzene rings is 6. The Labute approximate surface area is 350 Å². The van der Waals surface area contributed by atoms with Crippen LogP contribution in [0, 0.1) is 0 Å². The van der Waals surface area contributed by atoms with Gasteiger partial charge in [0.2, 0.25) is 0 Å². The standard InChI is InChI=1S/2C17H11ClN2O6S.Ca/c2*18-10-5-6-13(14(8-10)27(24,25)26)19-20-15-11-4-2-1-3-9(11)7-12(16(15)21)17(22)23;/h2*1-8,21H,(H,22,23)(H,24,25,26);/q;;+2/p-2. The van der Waals surface area contributed by atoms with Crippen molar-refractivity contribution in [1.82, 2.24) is 0 Å². The van der Waals surface area contributed by atoms with E-state index in [2.05, 4.69) is 20.5 Å². The second-order valence-corrected chi connectivity index (χ2v) is 14.5. The van der Waals surface area contributed by atoms with Crippen molar-refractivity contribution in [2.45, 2.75) is 9.79 Å². The van der Waals surface area contributed by atoms with Crippen molar-refractivity contribution in [2.75, 3.05) is 0 Å². The molecule has 0 saturated heterocycles.